The molecule has 1 amide bonds. The molecule has 0 bridgehead atoms. The molecule has 3 aromatic rings. The van der Waals surface area contributed by atoms with Crippen molar-refractivity contribution < 1.29 is 23.8 Å². The first-order valence-electron chi connectivity index (χ1n) is 15.0. The van der Waals surface area contributed by atoms with Crippen molar-refractivity contribution in [2.24, 2.45) is 0 Å². The fourth-order valence-corrected chi connectivity index (χ4v) is 5.45. The van der Waals surface area contributed by atoms with E-state index in [-0.39, 0.29) is 30.0 Å². The molecular formula is C34H43FN4O4. The zero-order chi connectivity index (χ0) is 30.6. The molecule has 2 saturated heterocycles. The van der Waals surface area contributed by atoms with Crippen LogP contribution < -0.4 is 5.32 Å². The molecule has 2 aliphatic heterocycles. The Labute approximate surface area is 254 Å². The first kappa shape index (κ1) is 32.1. The molecule has 230 valence electrons. The van der Waals surface area contributed by atoms with Gasteiger partial charge in [0, 0.05) is 64.0 Å². The van der Waals surface area contributed by atoms with Crippen molar-refractivity contribution in [3.63, 3.8) is 0 Å². The van der Waals surface area contributed by atoms with Gasteiger partial charge in [0.05, 0.1) is 13.2 Å². The summed E-state index contributed by atoms with van der Waals surface area (Å²) in [5.41, 5.74) is 3.75. The van der Waals surface area contributed by atoms with Gasteiger partial charge < -0.3 is 20.1 Å². The molecule has 9 heteroatoms. The number of ether oxygens (including phenoxy) is 1. The molecule has 5 rings (SSSR count). The topological polar surface area (TPSA) is 85.4 Å². The summed E-state index contributed by atoms with van der Waals surface area (Å²) in [5, 5.41) is 13.0. The van der Waals surface area contributed by atoms with Crippen LogP contribution in [0, 0.1) is 5.82 Å². The Morgan fingerprint density at radius 1 is 0.907 bits per heavy atom. The standard InChI is InChI=1S/C22H26N2O4.C12H17FN2/c1-2-28-21(26)16-23-9-11-24(12-10-23)22(27)19-7-3-5-17(14-19)13-18-6-4-8-20(25)15-18;1-10-8-15(6-5-14-10)9-11-3-2-4-12(13)7-11/h3-8,14-15,25H,2,9-13,16H2,1H3;2-4,7,10,14H,5-6,8-9H2,1H3. The van der Waals surface area contributed by atoms with Crippen LogP contribution in [-0.2, 0) is 22.5 Å². The molecule has 0 saturated carbocycles. The van der Waals surface area contributed by atoms with Crippen molar-refractivity contribution in [3.8, 4) is 5.75 Å². The number of aromatic hydroxyl groups is 1. The summed E-state index contributed by atoms with van der Waals surface area (Å²) in [5.74, 6) is -0.114. The Morgan fingerprint density at radius 2 is 1.60 bits per heavy atom. The fraction of sp³-hybridized carbons (Fsp3) is 0.412. The van der Waals surface area contributed by atoms with Gasteiger partial charge >= 0.3 is 5.97 Å². The van der Waals surface area contributed by atoms with Gasteiger partial charge in [-0.05, 0) is 73.4 Å². The average Bonchev–Trinajstić information content (AvgIpc) is 2.98. The van der Waals surface area contributed by atoms with Crippen molar-refractivity contribution in [2.75, 3.05) is 59.0 Å². The Bertz CT molecular complexity index is 1350. The highest BCUT2D eigenvalue weighted by molar-refractivity contribution is 5.94. The minimum Gasteiger partial charge on any atom is -0.508 e. The maximum absolute atomic E-state index is 13.0. The SMILES string of the molecule is CC1CN(Cc2cccc(F)c2)CCN1.CCOC(=O)CN1CCN(C(=O)c2cccc(Cc3cccc(O)c3)c2)CC1. The molecule has 0 aromatic heterocycles. The molecule has 1 unspecified atom stereocenters. The number of halogens is 1. The van der Waals surface area contributed by atoms with Crippen LogP contribution >= 0.6 is 0 Å². The molecule has 0 aliphatic carbocycles. The number of benzene rings is 3. The van der Waals surface area contributed by atoms with Gasteiger partial charge in [-0.3, -0.25) is 19.4 Å². The van der Waals surface area contributed by atoms with Gasteiger partial charge in [-0.1, -0.05) is 36.4 Å². The monoisotopic (exact) mass is 590 g/mol. The Hall–Kier alpha value is -3.79. The van der Waals surface area contributed by atoms with Crippen molar-refractivity contribution in [2.45, 2.75) is 32.9 Å². The van der Waals surface area contributed by atoms with Crippen LogP contribution in [0.4, 0.5) is 4.39 Å². The summed E-state index contributed by atoms with van der Waals surface area (Å²) in [6.07, 6.45) is 0.656. The van der Waals surface area contributed by atoms with E-state index in [4.69, 9.17) is 4.74 Å². The fourth-order valence-electron chi connectivity index (χ4n) is 5.45. The molecule has 3 aromatic carbocycles. The van der Waals surface area contributed by atoms with Crippen LogP contribution in [0.15, 0.2) is 72.8 Å². The van der Waals surface area contributed by atoms with Crippen LogP contribution in [0.3, 0.4) is 0 Å². The van der Waals surface area contributed by atoms with Gasteiger partial charge in [0.2, 0.25) is 0 Å². The molecule has 2 N–H and O–H groups in total. The third-order valence-electron chi connectivity index (χ3n) is 7.56. The lowest BCUT2D eigenvalue weighted by Gasteiger charge is -2.34. The van der Waals surface area contributed by atoms with Crippen LogP contribution in [-0.4, -0.2) is 96.7 Å². The second kappa shape index (κ2) is 16.2. The molecule has 2 fully saturated rings. The summed E-state index contributed by atoms with van der Waals surface area (Å²) in [4.78, 5) is 30.7. The lowest BCUT2D eigenvalue weighted by atomic mass is 10.0. The lowest BCUT2D eigenvalue weighted by Crippen LogP contribution is -2.50. The molecule has 43 heavy (non-hydrogen) atoms. The minimum absolute atomic E-state index is 0.00791. The van der Waals surface area contributed by atoms with Gasteiger partial charge in [0.15, 0.2) is 0 Å². The van der Waals surface area contributed by atoms with E-state index in [1.165, 1.54) is 6.07 Å². The van der Waals surface area contributed by atoms with Crippen molar-refractivity contribution in [1.29, 1.82) is 0 Å². The van der Waals surface area contributed by atoms with Crippen LogP contribution in [0.2, 0.25) is 0 Å². The molecule has 2 aliphatic rings. The predicted octanol–water partition coefficient (Wildman–Crippen LogP) is 3.92. The number of nitrogens with zero attached hydrogens (tertiary/aromatic N) is 3. The van der Waals surface area contributed by atoms with Crippen LogP contribution in [0.25, 0.3) is 0 Å². The highest BCUT2D eigenvalue weighted by Crippen LogP contribution is 2.17. The van der Waals surface area contributed by atoms with Crippen LogP contribution in [0.1, 0.15) is 40.9 Å². The number of nitrogens with one attached hydrogen (secondary N) is 1. The highest BCUT2D eigenvalue weighted by Gasteiger charge is 2.24. The largest absolute Gasteiger partial charge is 0.508 e. The zero-order valence-corrected chi connectivity index (χ0v) is 25.2. The summed E-state index contributed by atoms with van der Waals surface area (Å²) >= 11 is 0. The number of amides is 1. The number of phenols is 1. The maximum atomic E-state index is 13.0. The highest BCUT2D eigenvalue weighted by atomic mass is 19.1. The number of carbonyl (C=O) groups is 2. The number of hydrogen-bond acceptors (Lipinski definition) is 7. The summed E-state index contributed by atoms with van der Waals surface area (Å²) < 4.78 is 17.9. The maximum Gasteiger partial charge on any atom is 0.320 e. The minimum atomic E-state index is -0.220. The second-order valence-electron chi connectivity index (χ2n) is 11.1. The van der Waals surface area contributed by atoms with E-state index in [1.807, 2.05) is 52.3 Å². The molecule has 8 nitrogen and oxygen atoms in total. The number of hydrogen-bond donors (Lipinski definition) is 2. The van der Waals surface area contributed by atoms with Gasteiger partial charge in [-0.25, -0.2) is 4.39 Å². The van der Waals surface area contributed by atoms with E-state index in [1.54, 1.807) is 31.2 Å². The second-order valence-corrected chi connectivity index (χ2v) is 11.1. The van der Waals surface area contributed by atoms with Gasteiger partial charge in [-0.15, -0.1) is 0 Å². The zero-order valence-electron chi connectivity index (χ0n) is 25.2. The van der Waals surface area contributed by atoms with E-state index >= 15 is 0 Å². The number of piperazine rings is 2. The Balaban J connectivity index is 0.000000237. The van der Waals surface area contributed by atoms with E-state index in [9.17, 15) is 19.1 Å². The van der Waals surface area contributed by atoms with Gasteiger partial charge in [0.1, 0.15) is 11.6 Å². The molecule has 0 spiro atoms. The number of rotatable bonds is 8. The van der Waals surface area contributed by atoms with Crippen LogP contribution in [0.5, 0.6) is 5.75 Å². The Morgan fingerprint density at radius 3 is 2.30 bits per heavy atom. The van der Waals surface area contributed by atoms with E-state index < -0.39 is 0 Å². The number of carbonyl (C=O) groups excluding carboxylic acids is 2. The quantitative estimate of drug-likeness (QED) is 0.385. The third kappa shape index (κ3) is 10.5. The molecular weight excluding hydrogens is 547 g/mol. The van der Waals surface area contributed by atoms with E-state index in [0.29, 0.717) is 50.8 Å². The first-order chi connectivity index (χ1) is 20.8. The summed E-state index contributed by atoms with van der Waals surface area (Å²) in [6, 6.07) is 22.2. The lowest BCUT2D eigenvalue weighted by molar-refractivity contribution is -0.144. The van der Waals surface area contributed by atoms with Crippen molar-refractivity contribution in [1.82, 2.24) is 20.0 Å². The Kier molecular flexibility index (Phi) is 12.1. The molecule has 0 radical (unpaired) electrons. The van der Waals surface area contributed by atoms with E-state index in [2.05, 4.69) is 17.1 Å². The number of esters is 1. The van der Waals surface area contributed by atoms with Gasteiger partial charge in [-0.2, -0.15) is 0 Å². The van der Waals surface area contributed by atoms with Gasteiger partial charge in [0.25, 0.3) is 5.91 Å². The summed E-state index contributed by atoms with van der Waals surface area (Å²) in [6.45, 7) is 11.1. The van der Waals surface area contributed by atoms with E-state index in [0.717, 1.165) is 42.9 Å². The third-order valence-corrected chi connectivity index (χ3v) is 7.56. The summed E-state index contributed by atoms with van der Waals surface area (Å²) in [7, 11) is 0. The molecule has 1 atom stereocenters. The van der Waals surface area contributed by atoms with Crippen molar-refractivity contribution >= 4 is 11.9 Å². The van der Waals surface area contributed by atoms with Crippen molar-refractivity contribution in [3.05, 3.63) is 101 Å². The predicted molar refractivity (Wildman–Crippen MR) is 165 cm³/mol. The average molecular weight is 591 g/mol. The first-order valence-corrected chi connectivity index (χ1v) is 15.0. The molecule has 2 heterocycles. The normalized spacial score (nSPS) is 17.6. The number of phenolic OH excluding ortho intramolecular Hbond substituents is 1. The smallest absolute Gasteiger partial charge is 0.320 e.